The first-order chi connectivity index (χ1) is 11.6. The van der Waals surface area contributed by atoms with Gasteiger partial charge in [0.2, 0.25) is 5.89 Å². The van der Waals surface area contributed by atoms with Crippen LogP contribution in [0.5, 0.6) is 0 Å². The van der Waals surface area contributed by atoms with Crippen molar-refractivity contribution in [2.45, 2.75) is 25.4 Å². The minimum atomic E-state index is -0.845. The lowest BCUT2D eigenvalue weighted by Crippen LogP contribution is -2.41. The number of hydrogen-bond acceptors (Lipinski definition) is 5. The first kappa shape index (κ1) is 17.0. The van der Waals surface area contributed by atoms with Crippen molar-refractivity contribution in [2.24, 2.45) is 0 Å². The van der Waals surface area contributed by atoms with Crippen LogP contribution < -0.4 is 0 Å². The lowest BCUT2D eigenvalue weighted by Gasteiger charge is -2.32. The van der Waals surface area contributed by atoms with Crippen LogP contribution in [0.3, 0.4) is 0 Å². The zero-order valence-electron chi connectivity index (χ0n) is 13.2. The lowest BCUT2D eigenvalue weighted by molar-refractivity contribution is -0.139. The summed E-state index contributed by atoms with van der Waals surface area (Å²) in [6, 6.07) is 7.42. The third-order valence-electron chi connectivity index (χ3n) is 4.05. The van der Waals surface area contributed by atoms with Gasteiger partial charge < -0.3 is 14.3 Å². The SMILES string of the molecule is O=C(O)CN(Cc1coc(-c2ccc(Cl)cc2)n1)C1CCOCC1. The molecular formula is C17H19ClN2O4. The highest BCUT2D eigenvalue weighted by Gasteiger charge is 2.24. The molecular weight excluding hydrogens is 332 g/mol. The summed E-state index contributed by atoms with van der Waals surface area (Å²) in [4.78, 5) is 17.6. The van der Waals surface area contributed by atoms with Crippen molar-refractivity contribution in [1.82, 2.24) is 9.88 Å². The monoisotopic (exact) mass is 350 g/mol. The normalized spacial score (nSPS) is 15.8. The fourth-order valence-electron chi connectivity index (χ4n) is 2.85. The molecule has 1 N–H and O–H groups in total. The Labute approximate surface area is 145 Å². The Balaban J connectivity index is 1.72. The van der Waals surface area contributed by atoms with Crippen LogP contribution in [0.15, 0.2) is 34.9 Å². The molecule has 1 aromatic heterocycles. The number of carboxylic acids is 1. The molecule has 1 aliphatic rings. The van der Waals surface area contributed by atoms with Crippen LogP contribution in [0, 0.1) is 0 Å². The van der Waals surface area contributed by atoms with Gasteiger partial charge in [0, 0.05) is 36.4 Å². The number of aromatic nitrogens is 1. The number of ether oxygens (including phenoxy) is 1. The summed E-state index contributed by atoms with van der Waals surface area (Å²) in [5.74, 6) is -0.341. The molecule has 1 saturated heterocycles. The van der Waals surface area contributed by atoms with Gasteiger partial charge in [0.05, 0.1) is 12.2 Å². The van der Waals surface area contributed by atoms with E-state index in [0.29, 0.717) is 36.4 Å². The molecule has 128 valence electrons. The molecule has 2 aromatic rings. The summed E-state index contributed by atoms with van der Waals surface area (Å²) < 4.78 is 10.9. The first-order valence-electron chi connectivity index (χ1n) is 7.86. The highest BCUT2D eigenvalue weighted by atomic mass is 35.5. The predicted molar refractivity (Wildman–Crippen MR) is 88.8 cm³/mol. The van der Waals surface area contributed by atoms with Crippen molar-refractivity contribution < 1.29 is 19.1 Å². The second kappa shape index (κ2) is 7.79. The highest BCUT2D eigenvalue weighted by Crippen LogP contribution is 2.22. The molecule has 7 heteroatoms. The molecule has 2 heterocycles. The standard InChI is InChI=1S/C17H19ClN2O4/c18-13-3-1-12(2-4-13)17-19-14(11-24-17)9-20(10-16(21)22)15-5-7-23-8-6-15/h1-4,11,15H,5-10H2,(H,21,22). The van der Waals surface area contributed by atoms with Crippen LogP contribution in [0.4, 0.5) is 0 Å². The topological polar surface area (TPSA) is 75.8 Å². The molecule has 0 bridgehead atoms. The molecule has 1 aromatic carbocycles. The minimum Gasteiger partial charge on any atom is -0.480 e. The van der Waals surface area contributed by atoms with Gasteiger partial charge in [-0.25, -0.2) is 4.98 Å². The van der Waals surface area contributed by atoms with Crippen molar-refractivity contribution in [1.29, 1.82) is 0 Å². The molecule has 0 unspecified atom stereocenters. The van der Waals surface area contributed by atoms with E-state index >= 15 is 0 Å². The summed E-state index contributed by atoms with van der Waals surface area (Å²) >= 11 is 5.88. The Bertz CT molecular complexity index is 680. The lowest BCUT2D eigenvalue weighted by atomic mass is 10.1. The second-order valence-corrected chi connectivity index (χ2v) is 6.23. The number of carboxylic acid groups (broad SMARTS) is 1. The van der Waals surface area contributed by atoms with E-state index in [0.717, 1.165) is 18.4 Å². The molecule has 24 heavy (non-hydrogen) atoms. The van der Waals surface area contributed by atoms with Gasteiger partial charge in [0.1, 0.15) is 6.26 Å². The molecule has 0 aliphatic carbocycles. The van der Waals surface area contributed by atoms with E-state index < -0.39 is 5.97 Å². The van der Waals surface area contributed by atoms with Crippen molar-refractivity contribution in [2.75, 3.05) is 19.8 Å². The summed E-state index contributed by atoms with van der Waals surface area (Å²) in [5.41, 5.74) is 1.55. The predicted octanol–water partition coefficient (Wildman–Crippen LogP) is 3.06. The Hall–Kier alpha value is -1.89. The maximum absolute atomic E-state index is 11.2. The second-order valence-electron chi connectivity index (χ2n) is 5.79. The average Bonchev–Trinajstić information content (AvgIpc) is 3.04. The Morgan fingerprint density at radius 1 is 1.29 bits per heavy atom. The van der Waals surface area contributed by atoms with Gasteiger partial charge in [0.25, 0.3) is 0 Å². The smallest absolute Gasteiger partial charge is 0.317 e. The van der Waals surface area contributed by atoms with Gasteiger partial charge in [-0.1, -0.05) is 11.6 Å². The number of oxazole rings is 1. The van der Waals surface area contributed by atoms with Crippen molar-refractivity contribution in [3.8, 4) is 11.5 Å². The zero-order chi connectivity index (χ0) is 16.9. The molecule has 3 rings (SSSR count). The third-order valence-corrected chi connectivity index (χ3v) is 4.31. The summed E-state index contributed by atoms with van der Waals surface area (Å²) in [7, 11) is 0. The summed E-state index contributed by atoms with van der Waals surface area (Å²) in [6.07, 6.45) is 3.24. The van der Waals surface area contributed by atoms with E-state index in [2.05, 4.69) is 4.98 Å². The van der Waals surface area contributed by atoms with Gasteiger partial charge in [-0.05, 0) is 37.1 Å². The average molecular weight is 351 g/mol. The maximum atomic E-state index is 11.2. The maximum Gasteiger partial charge on any atom is 0.317 e. The highest BCUT2D eigenvalue weighted by molar-refractivity contribution is 6.30. The van der Waals surface area contributed by atoms with E-state index in [4.69, 9.17) is 20.8 Å². The van der Waals surface area contributed by atoms with E-state index in [1.165, 1.54) is 0 Å². The third kappa shape index (κ3) is 4.35. The fraction of sp³-hybridized carbons (Fsp3) is 0.412. The van der Waals surface area contributed by atoms with Gasteiger partial charge in [-0.3, -0.25) is 9.69 Å². The number of halogens is 1. The summed E-state index contributed by atoms with van der Waals surface area (Å²) in [5, 5.41) is 9.82. The molecule has 1 aliphatic heterocycles. The van der Waals surface area contributed by atoms with Crippen LogP contribution >= 0.6 is 11.6 Å². The fourth-order valence-corrected chi connectivity index (χ4v) is 2.98. The van der Waals surface area contributed by atoms with Crippen LogP contribution in [-0.4, -0.2) is 46.8 Å². The Morgan fingerprint density at radius 2 is 2.00 bits per heavy atom. The molecule has 0 atom stereocenters. The summed E-state index contributed by atoms with van der Waals surface area (Å²) in [6.45, 7) is 1.74. The van der Waals surface area contributed by atoms with Gasteiger partial charge in [0.15, 0.2) is 0 Å². The van der Waals surface area contributed by atoms with Gasteiger partial charge >= 0.3 is 5.97 Å². The first-order valence-corrected chi connectivity index (χ1v) is 8.23. The number of nitrogens with zero attached hydrogens (tertiary/aromatic N) is 2. The van der Waals surface area contributed by atoms with Crippen molar-refractivity contribution in [3.63, 3.8) is 0 Å². The number of hydrogen-bond donors (Lipinski definition) is 1. The van der Waals surface area contributed by atoms with E-state index in [9.17, 15) is 9.90 Å². The van der Waals surface area contributed by atoms with E-state index in [1.807, 2.05) is 17.0 Å². The Morgan fingerprint density at radius 3 is 2.67 bits per heavy atom. The van der Waals surface area contributed by atoms with Crippen LogP contribution in [0.1, 0.15) is 18.5 Å². The van der Waals surface area contributed by atoms with Gasteiger partial charge in [-0.15, -0.1) is 0 Å². The zero-order valence-corrected chi connectivity index (χ0v) is 13.9. The quantitative estimate of drug-likeness (QED) is 0.862. The minimum absolute atomic E-state index is 0.0200. The van der Waals surface area contributed by atoms with Crippen LogP contribution in [0.25, 0.3) is 11.5 Å². The molecule has 0 radical (unpaired) electrons. The molecule has 0 spiro atoms. The van der Waals surface area contributed by atoms with Crippen LogP contribution in [-0.2, 0) is 16.1 Å². The molecule has 1 fully saturated rings. The van der Waals surface area contributed by atoms with E-state index in [-0.39, 0.29) is 12.6 Å². The van der Waals surface area contributed by atoms with Crippen molar-refractivity contribution in [3.05, 3.63) is 41.2 Å². The molecule has 6 nitrogen and oxygen atoms in total. The van der Waals surface area contributed by atoms with Crippen molar-refractivity contribution >= 4 is 17.6 Å². The molecule has 0 saturated carbocycles. The van der Waals surface area contributed by atoms with E-state index in [1.54, 1.807) is 18.4 Å². The number of carbonyl (C=O) groups is 1. The number of aliphatic carboxylic acids is 1. The largest absolute Gasteiger partial charge is 0.480 e. The number of rotatable bonds is 6. The van der Waals surface area contributed by atoms with Gasteiger partial charge in [-0.2, -0.15) is 0 Å². The number of benzene rings is 1. The molecule has 0 amide bonds. The Kier molecular flexibility index (Phi) is 5.50. The van der Waals surface area contributed by atoms with Crippen LogP contribution in [0.2, 0.25) is 5.02 Å².